The summed E-state index contributed by atoms with van der Waals surface area (Å²) in [6, 6.07) is 15.4. The van der Waals surface area contributed by atoms with Crippen molar-refractivity contribution in [2.24, 2.45) is 0 Å². The topological polar surface area (TPSA) is 69.2 Å². The molecular weight excluding hydrogens is 370 g/mol. The van der Waals surface area contributed by atoms with E-state index < -0.39 is 12.0 Å². The van der Waals surface area contributed by atoms with Gasteiger partial charge in [-0.3, -0.25) is 9.69 Å². The lowest BCUT2D eigenvalue weighted by molar-refractivity contribution is -0.144. The van der Waals surface area contributed by atoms with Crippen molar-refractivity contribution < 1.29 is 9.90 Å². The number of fused-ring (bicyclic) bond motifs is 2. The van der Waals surface area contributed by atoms with Gasteiger partial charge in [-0.1, -0.05) is 30.3 Å². The van der Waals surface area contributed by atoms with Crippen molar-refractivity contribution in [1.82, 2.24) is 14.9 Å². The average molecular weight is 391 g/mol. The van der Waals surface area contributed by atoms with Crippen molar-refractivity contribution in [3.05, 3.63) is 65.3 Å². The Morgan fingerprint density at radius 1 is 1.21 bits per heavy atom. The number of rotatable bonds is 4. The van der Waals surface area contributed by atoms with Gasteiger partial charge in [-0.05, 0) is 37.6 Å². The number of para-hydroxylation sites is 2. The van der Waals surface area contributed by atoms with Crippen molar-refractivity contribution in [2.45, 2.75) is 24.8 Å². The Morgan fingerprint density at radius 3 is 2.89 bits per heavy atom. The molecule has 28 heavy (non-hydrogen) atoms. The van der Waals surface area contributed by atoms with Crippen LogP contribution in [0.1, 0.15) is 35.4 Å². The minimum Gasteiger partial charge on any atom is -0.480 e. The molecule has 0 amide bonds. The number of thiazole rings is 1. The monoisotopic (exact) mass is 391 g/mol. The molecule has 0 aliphatic carbocycles. The molecule has 0 saturated carbocycles. The first-order chi connectivity index (χ1) is 13.7. The van der Waals surface area contributed by atoms with E-state index in [9.17, 15) is 9.90 Å². The Hall–Kier alpha value is -2.70. The number of carboxylic acid groups (broad SMARTS) is 1. The standard InChI is InChI=1S/C22H21N3O2S/c26-22(27)20(16-12-23-17-8-2-1-7-15(16)17)25-11-5-6-14(13-25)21-24-18-9-3-4-10-19(18)28-21/h1-4,7-10,12,14,20,23H,5-6,11,13H2,(H,26,27)/t14-,20+/m0/s1. The first kappa shape index (κ1) is 17.4. The molecule has 5 nitrogen and oxygen atoms in total. The highest BCUT2D eigenvalue weighted by molar-refractivity contribution is 7.18. The summed E-state index contributed by atoms with van der Waals surface area (Å²) in [5.41, 5.74) is 2.85. The first-order valence-corrected chi connectivity index (χ1v) is 10.4. The maximum Gasteiger partial charge on any atom is 0.325 e. The van der Waals surface area contributed by atoms with Gasteiger partial charge in [-0.25, -0.2) is 4.98 Å². The van der Waals surface area contributed by atoms with E-state index in [1.165, 1.54) is 4.70 Å². The lowest BCUT2D eigenvalue weighted by Crippen LogP contribution is -2.40. The second kappa shape index (κ2) is 7.04. The summed E-state index contributed by atoms with van der Waals surface area (Å²) >= 11 is 1.73. The van der Waals surface area contributed by atoms with Gasteiger partial charge in [-0.2, -0.15) is 0 Å². The van der Waals surface area contributed by atoms with Crippen molar-refractivity contribution in [3.8, 4) is 0 Å². The lowest BCUT2D eigenvalue weighted by atomic mass is 9.95. The van der Waals surface area contributed by atoms with Crippen LogP contribution in [0.25, 0.3) is 21.1 Å². The highest BCUT2D eigenvalue weighted by Crippen LogP contribution is 2.37. The number of likely N-dealkylation sites (tertiary alicyclic amines) is 1. The number of hydrogen-bond acceptors (Lipinski definition) is 4. The summed E-state index contributed by atoms with van der Waals surface area (Å²) in [6.45, 7) is 1.51. The van der Waals surface area contributed by atoms with E-state index in [4.69, 9.17) is 4.98 Å². The maximum absolute atomic E-state index is 12.3. The fourth-order valence-corrected chi connectivity index (χ4v) is 5.41. The molecule has 5 rings (SSSR count). The normalized spacial score (nSPS) is 19.2. The van der Waals surface area contributed by atoms with Crippen LogP contribution in [0, 0.1) is 0 Å². The molecule has 1 saturated heterocycles. The number of H-pyrrole nitrogens is 1. The number of benzene rings is 2. The van der Waals surface area contributed by atoms with Crippen LogP contribution in [0.2, 0.25) is 0 Å². The van der Waals surface area contributed by atoms with Gasteiger partial charge < -0.3 is 10.1 Å². The molecule has 0 radical (unpaired) electrons. The molecule has 3 heterocycles. The van der Waals surface area contributed by atoms with Gasteiger partial charge in [0.15, 0.2) is 0 Å². The van der Waals surface area contributed by atoms with Gasteiger partial charge in [-0.15, -0.1) is 11.3 Å². The van der Waals surface area contributed by atoms with Crippen LogP contribution in [0.5, 0.6) is 0 Å². The predicted octanol–water partition coefficient (Wildman–Crippen LogP) is 4.78. The molecule has 2 aromatic carbocycles. The van der Waals surface area contributed by atoms with Crippen LogP contribution in [-0.2, 0) is 4.79 Å². The Labute approximate surface area is 166 Å². The van der Waals surface area contributed by atoms with Gasteiger partial charge >= 0.3 is 5.97 Å². The van der Waals surface area contributed by atoms with E-state index in [0.717, 1.165) is 52.9 Å². The number of aromatic nitrogens is 2. The third-order valence-corrected chi connectivity index (χ3v) is 6.83. The molecule has 1 aliphatic rings. The molecule has 0 bridgehead atoms. The number of carboxylic acids is 1. The summed E-state index contributed by atoms with van der Waals surface area (Å²) in [6.07, 6.45) is 3.88. The predicted molar refractivity (Wildman–Crippen MR) is 112 cm³/mol. The second-order valence-corrected chi connectivity index (χ2v) is 8.45. The third-order valence-electron chi connectivity index (χ3n) is 5.63. The number of carbonyl (C=O) groups is 1. The molecular formula is C22H21N3O2S. The highest BCUT2D eigenvalue weighted by atomic mass is 32.1. The van der Waals surface area contributed by atoms with Crippen LogP contribution >= 0.6 is 11.3 Å². The van der Waals surface area contributed by atoms with Crippen molar-refractivity contribution in [3.63, 3.8) is 0 Å². The molecule has 2 N–H and O–H groups in total. The molecule has 6 heteroatoms. The van der Waals surface area contributed by atoms with Gasteiger partial charge in [0.25, 0.3) is 0 Å². The smallest absolute Gasteiger partial charge is 0.325 e. The van der Waals surface area contributed by atoms with Crippen molar-refractivity contribution in [2.75, 3.05) is 13.1 Å². The maximum atomic E-state index is 12.3. The Bertz CT molecular complexity index is 1120. The average Bonchev–Trinajstić information content (AvgIpc) is 3.33. The Kier molecular flexibility index (Phi) is 4.37. The summed E-state index contributed by atoms with van der Waals surface area (Å²) in [4.78, 5) is 22.4. The molecule has 2 aromatic heterocycles. The summed E-state index contributed by atoms with van der Waals surface area (Å²) < 4.78 is 1.20. The second-order valence-electron chi connectivity index (χ2n) is 7.38. The number of aromatic amines is 1. The number of aliphatic carboxylic acids is 1. The molecule has 2 atom stereocenters. The molecule has 4 aromatic rings. The fraction of sp³-hybridized carbons (Fsp3) is 0.273. The largest absolute Gasteiger partial charge is 0.480 e. The van der Waals surface area contributed by atoms with Gasteiger partial charge in [0, 0.05) is 35.1 Å². The van der Waals surface area contributed by atoms with Gasteiger partial charge in [0.05, 0.1) is 15.2 Å². The van der Waals surface area contributed by atoms with Crippen LogP contribution in [-0.4, -0.2) is 39.0 Å². The Balaban J connectivity index is 1.47. The van der Waals surface area contributed by atoms with Gasteiger partial charge in [0.1, 0.15) is 6.04 Å². The van der Waals surface area contributed by atoms with Crippen LogP contribution in [0.4, 0.5) is 0 Å². The minimum atomic E-state index is -0.797. The van der Waals surface area contributed by atoms with E-state index >= 15 is 0 Å². The van der Waals surface area contributed by atoms with E-state index in [-0.39, 0.29) is 5.92 Å². The fourth-order valence-electron chi connectivity index (χ4n) is 4.31. The van der Waals surface area contributed by atoms with Crippen LogP contribution < -0.4 is 0 Å². The molecule has 0 unspecified atom stereocenters. The first-order valence-electron chi connectivity index (χ1n) is 9.59. The third kappa shape index (κ3) is 2.99. The van der Waals surface area contributed by atoms with Crippen molar-refractivity contribution >= 4 is 38.4 Å². The summed E-state index contributed by atoms with van der Waals surface area (Å²) in [5.74, 6) is -0.520. The Morgan fingerprint density at radius 2 is 2.04 bits per heavy atom. The van der Waals surface area contributed by atoms with E-state index in [2.05, 4.69) is 16.0 Å². The van der Waals surface area contributed by atoms with E-state index in [1.54, 1.807) is 11.3 Å². The van der Waals surface area contributed by atoms with Crippen LogP contribution in [0.15, 0.2) is 54.7 Å². The van der Waals surface area contributed by atoms with Gasteiger partial charge in [0.2, 0.25) is 0 Å². The summed E-state index contributed by atoms with van der Waals surface area (Å²) in [7, 11) is 0. The summed E-state index contributed by atoms with van der Waals surface area (Å²) in [5, 5.41) is 12.2. The molecule has 1 fully saturated rings. The number of nitrogens with zero attached hydrogens (tertiary/aromatic N) is 2. The molecule has 1 aliphatic heterocycles. The number of piperidine rings is 1. The zero-order chi connectivity index (χ0) is 19.1. The highest BCUT2D eigenvalue weighted by Gasteiger charge is 2.34. The van der Waals surface area contributed by atoms with E-state index in [1.807, 2.05) is 48.7 Å². The number of hydrogen-bond donors (Lipinski definition) is 2. The minimum absolute atomic E-state index is 0.276. The van der Waals surface area contributed by atoms with Crippen LogP contribution in [0.3, 0.4) is 0 Å². The SMILES string of the molecule is O=C(O)[C@@H](c1c[nH]c2ccccc12)N1CCC[C@H](c2nc3ccccc3s2)C1. The number of nitrogens with one attached hydrogen (secondary N) is 1. The van der Waals surface area contributed by atoms with E-state index in [0.29, 0.717) is 0 Å². The quantitative estimate of drug-likeness (QED) is 0.525. The zero-order valence-corrected chi connectivity index (χ0v) is 16.2. The molecule has 0 spiro atoms. The lowest BCUT2D eigenvalue weighted by Gasteiger charge is -2.35. The molecule has 142 valence electrons. The zero-order valence-electron chi connectivity index (χ0n) is 15.3. The van der Waals surface area contributed by atoms with Crippen molar-refractivity contribution in [1.29, 1.82) is 0 Å².